The van der Waals surface area contributed by atoms with E-state index < -0.39 is 59.8 Å². The number of esters is 1. The van der Waals surface area contributed by atoms with Crippen LogP contribution >= 0.6 is 0 Å². The van der Waals surface area contributed by atoms with Crippen LogP contribution in [0.1, 0.15) is 72.1 Å². The number of likely N-dealkylation sites (N-methyl/N-ethyl adjacent to an activating group) is 1. The van der Waals surface area contributed by atoms with E-state index in [-0.39, 0.29) is 45.1 Å². The number of rotatable bonds is 11. The lowest BCUT2D eigenvalue weighted by Crippen LogP contribution is -2.49. The number of alkyl carbamates (subject to hydrolysis) is 2. The van der Waals surface area contributed by atoms with E-state index in [0.29, 0.717) is 33.8 Å². The number of nitrogens with one attached hydrogen (secondary N) is 4. The third-order valence-electron chi connectivity index (χ3n) is 7.72. The Balaban J connectivity index is 2.15. The second kappa shape index (κ2) is 19.0. The molecule has 2 aromatic rings. The fourth-order valence-corrected chi connectivity index (χ4v) is 5.38. The second-order valence-electron chi connectivity index (χ2n) is 14.5. The Bertz CT molecular complexity index is 1680. The van der Waals surface area contributed by atoms with Crippen LogP contribution in [0.25, 0.3) is 11.1 Å². The highest BCUT2D eigenvalue weighted by atomic mass is 16.6. The van der Waals surface area contributed by atoms with Crippen molar-refractivity contribution in [1.82, 2.24) is 26.2 Å². The lowest BCUT2D eigenvalue weighted by Gasteiger charge is -2.29. The summed E-state index contributed by atoms with van der Waals surface area (Å²) in [7, 11) is 2.69. The summed E-state index contributed by atoms with van der Waals surface area (Å²) in [6.07, 6.45) is -1.10. The summed E-state index contributed by atoms with van der Waals surface area (Å²) in [6, 6.07) is 7.84. The molecule has 0 saturated carbocycles. The first-order valence-electron chi connectivity index (χ1n) is 17.7. The molecule has 0 aliphatic carbocycles. The summed E-state index contributed by atoms with van der Waals surface area (Å²) in [5.74, 6) is -1.62. The molecule has 5 amide bonds. The first-order chi connectivity index (χ1) is 25.3. The molecule has 16 heteroatoms. The van der Waals surface area contributed by atoms with Crippen molar-refractivity contribution in [1.29, 1.82) is 0 Å². The molecule has 4 bridgehead atoms. The predicted molar refractivity (Wildman–Crippen MR) is 198 cm³/mol. The average molecular weight is 756 g/mol. The smallest absolute Gasteiger partial charge is 0.407 e. The number of fused-ring (bicyclic) bond motifs is 5. The molecule has 16 nitrogen and oxygen atoms in total. The SMILES string of the molecule is CCC(=O)N(C)C1C(=O)NCC(=O)NC(C(=O)OC)Cc2ccc(OCCNC(=O)OC(C)(C)C)c(c2)-c2cc1ccc2OCCNC(=O)OC(C)(C)C. The molecular weight excluding hydrogens is 702 g/mol. The van der Waals surface area contributed by atoms with E-state index in [1.807, 2.05) is 0 Å². The number of benzene rings is 2. The third kappa shape index (κ3) is 13.1. The maximum absolute atomic E-state index is 13.8. The van der Waals surface area contributed by atoms with Gasteiger partial charge >= 0.3 is 18.2 Å². The van der Waals surface area contributed by atoms with Gasteiger partial charge < -0.3 is 49.9 Å². The van der Waals surface area contributed by atoms with Crippen LogP contribution < -0.4 is 30.7 Å². The van der Waals surface area contributed by atoms with Gasteiger partial charge in [-0.3, -0.25) is 14.4 Å². The normalized spacial score (nSPS) is 16.0. The zero-order chi connectivity index (χ0) is 40.2. The van der Waals surface area contributed by atoms with Crippen molar-refractivity contribution in [2.24, 2.45) is 0 Å². The molecule has 0 fully saturated rings. The number of hydrogen-bond donors (Lipinski definition) is 4. The summed E-state index contributed by atoms with van der Waals surface area (Å²) in [5, 5.41) is 10.5. The highest BCUT2D eigenvalue weighted by Gasteiger charge is 2.31. The molecule has 0 aromatic heterocycles. The second-order valence-corrected chi connectivity index (χ2v) is 14.5. The zero-order valence-electron chi connectivity index (χ0n) is 32.5. The molecule has 0 radical (unpaired) electrons. The van der Waals surface area contributed by atoms with Crippen molar-refractivity contribution in [2.45, 2.75) is 84.6 Å². The molecular formula is C38H53N5O11. The van der Waals surface area contributed by atoms with E-state index in [1.54, 1.807) is 84.9 Å². The minimum absolute atomic E-state index is 0.0197. The number of carbonyl (C=O) groups excluding carboxylic acids is 6. The van der Waals surface area contributed by atoms with Gasteiger partial charge in [-0.05, 0) is 76.9 Å². The Morgan fingerprint density at radius 1 is 0.833 bits per heavy atom. The number of amides is 5. The molecule has 54 heavy (non-hydrogen) atoms. The van der Waals surface area contributed by atoms with Gasteiger partial charge in [0.15, 0.2) is 0 Å². The van der Waals surface area contributed by atoms with Crippen LogP contribution in [0.3, 0.4) is 0 Å². The summed E-state index contributed by atoms with van der Waals surface area (Å²) in [5.41, 5.74) is 0.551. The first-order valence-corrected chi connectivity index (χ1v) is 17.7. The number of hydrogen-bond acceptors (Lipinski definition) is 11. The van der Waals surface area contributed by atoms with Crippen molar-refractivity contribution in [2.75, 3.05) is 47.0 Å². The molecule has 1 aliphatic rings. The van der Waals surface area contributed by atoms with Crippen molar-refractivity contribution >= 4 is 35.9 Å². The summed E-state index contributed by atoms with van der Waals surface area (Å²) >= 11 is 0. The molecule has 0 saturated heterocycles. The zero-order valence-corrected chi connectivity index (χ0v) is 32.5. The van der Waals surface area contributed by atoms with Crippen LogP contribution in [0.5, 0.6) is 11.5 Å². The molecule has 1 aliphatic heterocycles. The van der Waals surface area contributed by atoms with Crippen molar-refractivity contribution in [3.05, 3.63) is 47.5 Å². The third-order valence-corrected chi connectivity index (χ3v) is 7.72. The van der Waals surface area contributed by atoms with E-state index in [0.717, 1.165) is 0 Å². The maximum Gasteiger partial charge on any atom is 0.407 e. The topological polar surface area (TPSA) is 200 Å². The number of methoxy groups -OCH3 is 1. The van der Waals surface area contributed by atoms with Crippen LogP contribution in [0, 0.1) is 0 Å². The highest BCUT2D eigenvalue weighted by molar-refractivity contribution is 5.93. The molecule has 0 spiro atoms. The van der Waals surface area contributed by atoms with E-state index in [9.17, 15) is 28.8 Å². The monoisotopic (exact) mass is 755 g/mol. The van der Waals surface area contributed by atoms with Gasteiger partial charge in [-0.1, -0.05) is 19.1 Å². The Morgan fingerprint density at radius 2 is 1.37 bits per heavy atom. The van der Waals surface area contributed by atoms with Gasteiger partial charge in [0.05, 0.1) is 26.7 Å². The maximum atomic E-state index is 13.8. The van der Waals surface area contributed by atoms with E-state index in [2.05, 4.69) is 21.3 Å². The van der Waals surface area contributed by atoms with Crippen LogP contribution in [-0.2, 0) is 39.8 Å². The fraction of sp³-hybridized carbons (Fsp3) is 0.526. The molecule has 2 unspecified atom stereocenters. The lowest BCUT2D eigenvalue weighted by atomic mass is 9.94. The summed E-state index contributed by atoms with van der Waals surface area (Å²) < 4.78 is 28.0. The van der Waals surface area contributed by atoms with Gasteiger partial charge in [-0.15, -0.1) is 0 Å². The minimum Gasteiger partial charge on any atom is -0.491 e. The molecule has 1 heterocycles. The van der Waals surface area contributed by atoms with Gasteiger partial charge in [0.25, 0.3) is 0 Å². The first kappa shape index (κ1) is 42.9. The van der Waals surface area contributed by atoms with Crippen molar-refractivity contribution in [3.8, 4) is 22.6 Å². The number of carbonyl (C=O) groups is 6. The van der Waals surface area contributed by atoms with Gasteiger partial charge in [0, 0.05) is 31.0 Å². The van der Waals surface area contributed by atoms with Crippen molar-refractivity contribution < 1.29 is 52.5 Å². The lowest BCUT2D eigenvalue weighted by molar-refractivity contribution is -0.145. The van der Waals surface area contributed by atoms with E-state index in [4.69, 9.17) is 23.7 Å². The molecule has 2 aromatic carbocycles. The van der Waals surface area contributed by atoms with Crippen LogP contribution in [0.4, 0.5) is 9.59 Å². The molecule has 4 N–H and O–H groups in total. The van der Waals surface area contributed by atoms with Crippen LogP contribution in [0.15, 0.2) is 36.4 Å². The van der Waals surface area contributed by atoms with Crippen LogP contribution in [-0.4, -0.2) is 105 Å². The van der Waals surface area contributed by atoms with Gasteiger partial charge in [0.2, 0.25) is 17.7 Å². The fourth-order valence-electron chi connectivity index (χ4n) is 5.38. The highest BCUT2D eigenvalue weighted by Crippen LogP contribution is 2.40. The van der Waals surface area contributed by atoms with Crippen LogP contribution in [0.2, 0.25) is 0 Å². The largest absolute Gasteiger partial charge is 0.491 e. The van der Waals surface area contributed by atoms with E-state index >= 15 is 0 Å². The number of ether oxygens (including phenoxy) is 5. The predicted octanol–water partition coefficient (Wildman–Crippen LogP) is 3.40. The quantitative estimate of drug-likeness (QED) is 0.149. The molecule has 3 rings (SSSR count). The summed E-state index contributed by atoms with van der Waals surface area (Å²) in [6.45, 7) is 11.9. The summed E-state index contributed by atoms with van der Waals surface area (Å²) in [4.78, 5) is 78.4. The molecule has 2 atom stereocenters. The molecule has 296 valence electrons. The minimum atomic E-state index is -1.17. The number of nitrogens with zero attached hydrogens (tertiary/aromatic N) is 1. The van der Waals surface area contributed by atoms with Crippen molar-refractivity contribution in [3.63, 3.8) is 0 Å². The average Bonchev–Trinajstić information content (AvgIpc) is 3.09. The van der Waals surface area contributed by atoms with E-state index in [1.165, 1.54) is 19.1 Å². The Kier molecular flexibility index (Phi) is 15.1. The standard InChI is InChI=1S/C38H53N5O11/c1-10-31(45)43(8)32-24-12-14-29(52-18-16-40-36(49)54-38(5,6)7)26(21-24)25-19-23(20-27(34(47)50-9)42-30(44)22-41-33(32)46)11-13-28(25)51-17-15-39-35(48)53-37(2,3)4/h11-14,19,21,27,32H,10,15-18,20,22H2,1-9H3,(H,39,48)(H,40,49)(H,41,46)(H,42,44). The van der Waals surface area contributed by atoms with Gasteiger partial charge in [-0.25, -0.2) is 14.4 Å². The Hall–Kier alpha value is -5.54. The van der Waals surface area contributed by atoms with Gasteiger partial charge in [0.1, 0.15) is 48.0 Å². The Labute approximate surface area is 315 Å². The van der Waals surface area contributed by atoms with Gasteiger partial charge in [-0.2, -0.15) is 0 Å². The Morgan fingerprint density at radius 3 is 1.89 bits per heavy atom.